The zero-order valence-electron chi connectivity index (χ0n) is 12.4. The van der Waals surface area contributed by atoms with Crippen molar-refractivity contribution in [1.82, 2.24) is 4.98 Å². The first-order chi connectivity index (χ1) is 9.81. The minimum absolute atomic E-state index is 0.326. The Morgan fingerprint density at radius 1 is 1.35 bits per heavy atom. The molecule has 1 fully saturated rings. The number of hydrogen-bond donors (Lipinski definition) is 1. The molecule has 0 spiro atoms. The van der Waals surface area contributed by atoms with E-state index in [1.54, 1.807) is 7.11 Å². The molecule has 0 amide bonds. The number of piperidine rings is 1. The second-order valence-corrected chi connectivity index (χ2v) is 5.93. The molecule has 2 aliphatic rings. The number of rotatable bonds is 3. The summed E-state index contributed by atoms with van der Waals surface area (Å²) in [5.41, 5.74) is 9.87. The summed E-state index contributed by atoms with van der Waals surface area (Å²) in [6.07, 6.45) is 7.48. The Morgan fingerprint density at radius 2 is 2.20 bits per heavy atom. The summed E-state index contributed by atoms with van der Waals surface area (Å²) in [4.78, 5) is 7.34. The first kappa shape index (κ1) is 13.8. The molecule has 2 N–H and O–H groups in total. The van der Waals surface area contributed by atoms with E-state index in [-0.39, 0.29) is 0 Å². The number of anilines is 1. The van der Waals surface area contributed by atoms with Crippen LogP contribution in [0, 0.1) is 0 Å². The van der Waals surface area contributed by atoms with Crippen LogP contribution >= 0.6 is 0 Å². The first-order valence-electron chi connectivity index (χ1n) is 7.81. The van der Waals surface area contributed by atoms with E-state index < -0.39 is 0 Å². The lowest BCUT2D eigenvalue weighted by Crippen LogP contribution is -2.40. The number of nitrogens with zero attached hydrogens (tertiary/aromatic N) is 2. The fourth-order valence-electron chi connectivity index (χ4n) is 3.42. The molecule has 1 atom stereocenters. The molecule has 0 radical (unpaired) electrons. The third-order valence-corrected chi connectivity index (χ3v) is 4.59. The van der Waals surface area contributed by atoms with Crippen LogP contribution in [-0.2, 0) is 24.1 Å². The van der Waals surface area contributed by atoms with Gasteiger partial charge >= 0.3 is 0 Å². The van der Waals surface area contributed by atoms with Gasteiger partial charge in [0.05, 0.1) is 6.10 Å². The monoisotopic (exact) mass is 275 g/mol. The van der Waals surface area contributed by atoms with Crippen molar-refractivity contribution in [2.75, 3.05) is 25.1 Å². The minimum Gasteiger partial charge on any atom is -0.380 e. The molecule has 0 saturated carbocycles. The minimum atomic E-state index is 0.326. The normalized spacial score (nSPS) is 22.7. The van der Waals surface area contributed by atoms with Gasteiger partial charge in [-0.05, 0) is 50.2 Å². The number of aromatic nitrogens is 1. The molecule has 1 aromatic heterocycles. The van der Waals surface area contributed by atoms with Gasteiger partial charge in [0, 0.05) is 38.0 Å². The van der Waals surface area contributed by atoms with Gasteiger partial charge in [-0.2, -0.15) is 0 Å². The highest BCUT2D eigenvalue weighted by Crippen LogP contribution is 2.28. The maximum atomic E-state index is 5.96. The Hall–Kier alpha value is -1.13. The second kappa shape index (κ2) is 6.10. The molecule has 4 heteroatoms. The van der Waals surface area contributed by atoms with Gasteiger partial charge in [-0.15, -0.1) is 0 Å². The molecule has 1 unspecified atom stereocenters. The van der Waals surface area contributed by atoms with E-state index in [0.717, 1.165) is 38.2 Å². The average molecular weight is 275 g/mol. The largest absolute Gasteiger partial charge is 0.380 e. The zero-order valence-corrected chi connectivity index (χ0v) is 12.4. The van der Waals surface area contributed by atoms with Gasteiger partial charge in [-0.1, -0.05) is 0 Å². The highest BCUT2D eigenvalue weighted by atomic mass is 16.5. The SMILES string of the molecule is COC1CCCN(c2nc3c(cc2CN)CCCC3)C1. The van der Waals surface area contributed by atoms with Crippen LogP contribution in [0.2, 0.25) is 0 Å². The van der Waals surface area contributed by atoms with Crippen LogP contribution < -0.4 is 10.6 Å². The van der Waals surface area contributed by atoms with Crippen LogP contribution in [0.15, 0.2) is 6.07 Å². The van der Waals surface area contributed by atoms with E-state index in [1.165, 1.54) is 36.1 Å². The van der Waals surface area contributed by atoms with Crippen LogP contribution in [0.5, 0.6) is 0 Å². The van der Waals surface area contributed by atoms with E-state index in [1.807, 2.05) is 0 Å². The molecular weight excluding hydrogens is 250 g/mol. The highest BCUT2D eigenvalue weighted by molar-refractivity contribution is 5.51. The van der Waals surface area contributed by atoms with Gasteiger partial charge < -0.3 is 15.4 Å². The topological polar surface area (TPSA) is 51.4 Å². The maximum Gasteiger partial charge on any atom is 0.133 e. The second-order valence-electron chi connectivity index (χ2n) is 5.93. The summed E-state index contributed by atoms with van der Waals surface area (Å²) in [7, 11) is 1.80. The van der Waals surface area contributed by atoms with Crippen molar-refractivity contribution >= 4 is 5.82 Å². The van der Waals surface area contributed by atoms with Crippen molar-refractivity contribution in [1.29, 1.82) is 0 Å². The molecule has 110 valence electrons. The van der Waals surface area contributed by atoms with E-state index in [0.29, 0.717) is 12.6 Å². The number of methoxy groups -OCH3 is 1. The summed E-state index contributed by atoms with van der Waals surface area (Å²) in [5, 5.41) is 0. The van der Waals surface area contributed by atoms with Crippen molar-refractivity contribution in [3.8, 4) is 0 Å². The lowest BCUT2D eigenvalue weighted by molar-refractivity contribution is 0.0891. The molecule has 3 rings (SSSR count). The summed E-state index contributed by atoms with van der Waals surface area (Å²) in [5.74, 6) is 1.11. The predicted molar refractivity (Wildman–Crippen MR) is 81.0 cm³/mol. The molecule has 2 heterocycles. The molecule has 4 nitrogen and oxygen atoms in total. The van der Waals surface area contributed by atoms with E-state index >= 15 is 0 Å². The van der Waals surface area contributed by atoms with Crippen LogP contribution in [0.25, 0.3) is 0 Å². The fraction of sp³-hybridized carbons (Fsp3) is 0.688. The molecule has 1 saturated heterocycles. The van der Waals surface area contributed by atoms with Crippen molar-refractivity contribution in [2.24, 2.45) is 5.73 Å². The molecule has 1 aromatic rings. The van der Waals surface area contributed by atoms with Gasteiger partial charge in [0.2, 0.25) is 0 Å². The lowest BCUT2D eigenvalue weighted by atomic mass is 9.94. The summed E-state index contributed by atoms with van der Waals surface area (Å²) >= 11 is 0. The van der Waals surface area contributed by atoms with E-state index in [9.17, 15) is 0 Å². The van der Waals surface area contributed by atoms with Crippen LogP contribution in [0.4, 0.5) is 5.82 Å². The Balaban J connectivity index is 1.91. The van der Waals surface area contributed by atoms with E-state index in [2.05, 4.69) is 11.0 Å². The molecule has 0 aromatic carbocycles. The Bertz CT molecular complexity index is 475. The van der Waals surface area contributed by atoms with Crippen molar-refractivity contribution < 1.29 is 4.74 Å². The number of hydrogen-bond acceptors (Lipinski definition) is 4. The molecule has 0 bridgehead atoms. The summed E-state index contributed by atoms with van der Waals surface area (Å²) < 4.78 is 5.53. The smallest absolute Gasteiger partial charge is 0.133 e. The van der Waals surface area contributed by atoms with Crippen LogP contribution in [0.3, 0.4) is 0 Å². The van der Waals surface area contributed by atoms with Gasteiger partial charge in [0.25, 0.3) is 0 Å². The quantitative estimate of drug-likeness (QED) is 0.917. The highest BCUT2D eigenvalue weighted by Gasteiger charge is 2.24. The summed E-state index contributed by atoms with van der Waals surface area (Å²) in [6, 6.07) is 2.30. The Labute approximate surface area is 121 Å². The number of pyridine rings is 1. The lowest BCUT2D eigenvalue weighted by Gasteiger charge is -2.34. The number of ether oxygens (including phenoxy) is 1. The molecular formula is C16H25N3O. The fourth-order valence-corrected chi connectivity index (χ4v) is 3.42. The summed E-state index contributed by atoms with van der Waals surface area (Å²) in [6.45, 7) is 2.58. The third kappa shape index (κ3) is 2.67. The van der Waals surface area contributed by atoms with Gasteiger partial charge in [0.1, 0.15) is 5.82 Å². The number of nitrogens with two attached hydrogens (primary N) is 1. The van der Waals surface area contributed by atoms with Crippen LogP contribution in [-0.4, -0.2) is 31.3 Å². The van der Waals surface area contributed by atoms with Gasteiger partial charge in [-0.25, -0.2) is 4.98 Å². The Morgan fingerprint density at radius 3 is 3.00 bits per heavy atom. The van der Waals surface area contributed by atoms with Crippen molar-refractivity contribution in [2.45, 2.75) is 51.2 Å². The Kier molecular flexibility index (Phi) is 4.22. The standard InChI is InChI=1S/C16H25N3O/c1-20-14-6-4-8-19(11-14)16-13(10-17)9-12-5-2-3-7-15(12)18-16/h9,14H,2-8,10-11,17H2,1H3. The third-order valence-electron chi connectivity index (χ3n) is 4.59. The van der Waals surface area contributed by atoms with E-state index in [4.69, 9.17) is 15.5 Å². The van der Waals surface area contributed by atoms with Crippen molar-refractivity contribution in [3.63, 3.8) is 0 Å². The number of fused-ring (bicyclic) bond motifs is 1. The molecule has 1 aliphatic carbocycles. The maximum absolute atomic E-state index is 5.96. The number of aryl methyl sites for hydroxylation is 2. The molecule has 1 aliphatic heterocycles. The first-order valence-corrected chi connectivity index (χ1v) is 7.81. The van der Waals surface area contributed by atoms with Crippen molar-refractivity contribution in [3.05, 3.63) is 22.9 Å². The predicted octanol–water partition coefficient (Wildman–Crippen LogP) is 2.03. The average Bonchev–Trinajstić information content (AvgIpc) is 2.53. The zero-order chi connectivity index (χ0) is 13.9. The van der Waals surface area contributed by atoms with Gasteiger partial charge in [-0.3, -0.25) is 0 Å². The van der Waals surface area contributed by atoms with Gasteiger partial charge in [0.15, 0.2) is 0 Å². The van der Waals surface area contributed by atoms with Crippen LogP contribution in [0.1, 0.15) is 42.5 Å². The molecule has 20 heavy (non-hydrogen) atoms.